The van der Waals surface area contributed by atoms with E-state index < -0.39 is 12.1 Å². The second-order valence-electron chi connectivity index (χ2n) is 19.3. The van der Waals surface area contributed by atoms with Crippen LogP contribution < -0.4 is 5.32 Å². The third-order valence-electron chi connectivity index (χ3n) is 12.9. The summed E-state index contributed by atoms with van der Waals surface area (Å²) in [7, 11) is 0. The molecular formula is C61H111NO3. The van der Waals surface area contributed by atoms with Gasteiger partial charge in [-0.25, -0.2) is 0 Å². The standard InChI is InChI=1S/C61H111NO3/c1-3-5-7-9-11-13-15-17-19-21-23-25-27-29-30-31-32-33-35-37-39-41-43-45-47-49-51-53-55-57-61(65)62-59(58-63)60(64)56-54-52-50-48-46-44-42-40-38-36-34-28-26-24-22-20-18-16-14-12-10-8-6-4-2/h5,7,11,13,17,19,23,25,46,48,54,56,59-60,63-64H,3-4,6,8-10,12,14-16,18,20-22,24,26-45,47,49-53,55,57-58H2,1-2H3,(H,62,65)/b7-5-,13-11-,19-17-,25-23-,48-46+,56-54+. The molecule has 0 saturated carbocycles. The van der Waals surface area contributed by atoms with E-state index in [1.165, 1.54) is 212 Å². The summed E-state index contributed by atoms with van der Waals surface area (Å²) < 4.78 is 0. The van der Waals surface area contributed by atoms with Crippen LogP contribution in [0.3, 0.4) is 0 Å². The van der Waals surface area contributed by atoms with Crippen molar-refractivity contribution < 1.29 is 15.0 Å². The lowest BCUT2D eigenvalue weighted by Gasteiger charge is -2.19. The van der Waals surface area contributed by atoms with E-state index in [4.69, 9.17) is 0 Å². The number of allylic oxidation sites excluding steroid dienone is 11. The van der Waals surface area contributed by atoms with Crippen molar-refractivity contribution in [2.24, 2.45) is 0 Å². The largest absolute Gasteiger partial charge is 0.394 e. The Kier molecular flexibility index (Phi) is 54.3. The quantitative estimate of drug-likeness (QED) is 0.0421. The summed E-state index contributed by atoms with van der Waals surface area (Å²) in [4.78, 5) is 12.5. The number of unbranched alkanes of at least 4 members (excludes halogenated alkanes) is 35. The van der Waals surface area contributed by atoms with Crippen LogP contribution in [0.1, 0.15) is 290 Å². The molecule has 0 fully saturated rings. The average molecular weight is 907 g/mol. The minimum atomic E-state index is -0.865. The average Bonchev–Trinajstić information content (AvgIpc) is 3.31. The predicted octanol–water partition coefficient (Wildman–Crippen LogP) is 19.0. The number of amides is 1. The fourth-order valence-corrected chi connectivity index (χ4v) is 8.60. The van der Waals surface area contributed by atoms with Crippen LogP contribution in [0.5, 0.6) is 0 Å². The monoisotopic (exact) mass is 906 g/mol. The van der Waals surface area contributed by atoms with Gasteiger partial charge in [0.05, 0.1) is 18.8 Å². The summed E-state index contributed by atoms with van der Waals surface area (Å²) in [6.45, 7) is 4.21. The molecule has 4 heteroatoms. The molecule has 0 saturated heterocycles. The van der Waals surface area contributed by atoms with Crippen LogP contribution in [0.15, 0.2) is 72.9 Å². The number of aliphatic hydroxyl groups is 2. The van der Waals surface area contributed by atoms with Crippen molar-refractivity contribution >= 4 is 5.91 Å². The van der Waals surface area contributed by atoms with Crippen molar-refractivity contribution in [3.63, 3.8) is 0 Å². The van der Waals surface area contributed by atoms with E-state index in [0.29, 0.717) is 6.42 Å². The zero-order valence-corrected chi connectivity index (χ0v) is 43.5. The van der Waals surface area contributed by atoms with E-state index in [0.717, 1.165) is 57.8 Å². The number of nitrogens with one attached hydrogen (secondary N) is 1. The van der Waals surface area contributed by atoms with Crippen molar-refractivity contribution in [2.75, 3.05) is 6.61 Å². The SMILES string of the molecule is CC/C=C\C/C=C\C/C=C\C/C=C\CCCCCCCCCCCCCCCCCCC(=O)NC(CO)C(O)/C=C/CC/C=C/CCCCCCCCCCCCCCCCCCCC. The molecule has 0 bridgehead atoms. The molecule has 378 valence electrons. The van der Waals surface area contributed by atoms with Gasteiger partial charge in [0.1, 0.15) is 0 Å². The second kappa shape index (κ2) is 56.2. The van der Waals surface area contributed by atoms with Gasteiger partial charge in [-0.1, -0.05) is 286 Å². The molecule has 0 aliphatic heterocycles. The highest BCUT2D eigenvalue weighted by Crippen LogP contribution is 2.17. The Hall–Kier alpha value is -2.17. The van der Waals surface area contributed by atoms with Crippen LogP contribution in [0.25, 0.3) is 0 Å². The van der Waals surface area contributed by atoms with Gasteiger partial charge in [-0.15, -0.1) is 0 Å². The van der Waals surface area contributed by atoms with E-state index in [1.54, 1.807) is 6.08 Å². The maximum Gasteiger partial charge on any atom is 0.220 e. The number of aliphatic hydroxyl groups excluding tert-OH is 2. The number of hydrogen-bond acceptors (Lipinski definition) is 3. The van der Waals surface area contributed by atoms with Gasteiger partial charge in [-0.2, -0.15) is 0 Å². The first-order valence-corrected chi connectivity index (χ1v) is 28.7. The lowest BCUT2D eigenvalue weighted by molar-refractivity contribution is -0.123. The summed E-state index contributed by atoms with van der Waals surface area (Å²) >= 11 is 0. The van der Waals surface area contributed by atoms with Crippen molar-refractivity contribution in [3.8, 4) is 0 Å². The number of carbonyl (C=O) groups excluding carboxylic acids is 1. The van der Waals surface area contributed by atoms with Crippen LogP contribution in [-0.4, -0.2) is 34.9 Å². The molecule has 65 heavy (non-hydrogen) atoms. The molecule has 0 radical (unpaired) electrons. The van der Waals surface area contributed by atoms with Crippen LogP contribution in [0.4, 0.5) is 0 Å². The summed E-state index contributed by atoms with van der Waals surface area (Å²) in [5.41, 5.74) is 0. The Morgan fingerprint density at radius 1 is 0.385 bits per heavy atom. The molecule has 0 aliphatic carbocycles. The maximum atomic E-state index is 12.5. The number of hydrogen-bond donors (Lipinski definition) is 3. The minimum absolute atomic E-state index is 0.0725. The zero-order valence-electron chi connectivity index (χ0n) is 43.5. The van der Waals surface area contributed by atoms with Gasteiger partial charge < -0.3 is 15.5 Å². The highest BCUT2D eigenvalue weighted by molar-refractivity contribution is 5.76. The molecule has 4 nitrogen and oxygen atoms in total. The second-order valence-corrected chi connectivity index (χ2v) is 19.3. The first-order valence-electron chi connectivity index (χ1n) is 28.7. The normalized spacial score (nSPS) is 13.4. The zero-order chi connectivity index (χ0) is 47.0. The minimum Gasteiger partial charge on any atom is -0.394 e. The van der Waals surface area contributed by atoms with Gasteiger partial charge in [0.15, 0.2) is 0 Å². The van der Waals surface area contributed by atoms with Gasteiger partial charge in [-0.05, 0) is 70.6 Å². The van der Waals surface area contributed by atoms with E-state index >= 15 is 0 Å². The van der Waals surface area contributed by atoms with Crippen molar-refractivity contribution in [1.29, 1.82) is 0 Å². The van der Waals surface area contributed by atoms with Crippen LogP contribution in [-0.2, 0) is 4.79 Å². The predicted molar refractivity (Wildman–Crippen MR) is 290 cm³/mol. The first-order chi connectivity index (χ1) is 32.2. The number of carbonyl (C=O) groups is 1. The van der Waals surface area contributed by atoms with E-state index in [1.807, 2.05) is 6.08 Å². The molecule has 2 atom stereocenters. The van der Waals surface area contributed by atoms with E-state index in [-0.39, 0.29) is 12.5 Å². The summed E-state index contributed by atoms with van der Waals surface area (Å²) in [6.07, 6.45) is 80.7. The Morgan fingerprint density at radius 3 is 1.08 bits per heavy atom. The highest BCUT2D eigenvalue weighted by atomic mass is 16.3. The van der Waals surface area contributed by atoms with Gasteiger partial charge in [0.25, 0.3) is 0 Å². The van der Waals surface area contributed by atoms with Gasteiger partial charge in [0.2, 0.25) is 5.91 Å². The van der Waals surface area contributed by atoms with Crippen molar-refractivity contribution in [1.82, 2.24) is 5.32 Å². The fraction of sp³-hybridized carbons (Fsp3) is 0.787. The third kappa shape index (κ3) is 52.7. The number of rotatable bonds is 52. The highest BCUT2D eigenvalue weighted by Gasteiger charge is 2.18. The lowest BCUT2D eigenvalue weighted by atomic mass is 10.0. The molecular weight excluding hydrogens is 795 g/mol. The maximum absolute atomic E-state index is 12.5. The molecule has 2 unspecified atom stereocenters. The molecule has 0 aliphatic rings. The fourth-order valence-electron chi connectivity index (χ4n) is 8.60. The summed E-state index contributed by atoms with van der Waals surface area (Å²) in [6, 6.07) is -0.642. The van der Waals surface area contributed by atoms with Crippen LogP contribution in [0, 0.1) is 0 Å². The molecule has 1 amide bonds. The Labute approximate surface area is 406 Å². The molecule has 3 N–H and O–H groups in total. The van der Waals surface area contributed by atoms with Crippen LogP contribution >= 0.6 is 0 Å². The molecule has 0 heterocycles. The third-order valence-corrected chi connectivity index (χ3v) is 12.9. The Morgan fingerprint density at radius 2 is 0.692 bits per heavy atom. The molecule has 0 aromatic carbocycles. The van der Waals surface area contributed by atoms with Crippen molar-refractivity contribution in [2.45, 2.75) is 302 Å². The topological polar surface area (TPSA) is 69.6 Å². The van der Waals surface area contributed by atoms with Gasteiger partial charge in [-0.3, -0.25) is 4.79 Å². The smallest absolute Gasteiger partial charge is 0.220 e. The lowest BCUT2D eigenvalue weighted by Crippen LogP contribution is -2.45. The van der Waals surface area contributed by atoms with Gasteiger partial charge >= 0.3 is 0 Å². The molecule has 0 aromatic rings. The van der Waals surface area contributed by atoms with Gasteiger partial charge in [0, 0.05) is 6.42 Å². The summed E-state index contributed by atoms with van der Waals surface area (Å²) in [5, 5.41) is 23.2. The van der Waals surface area contributed by atoms with E-state index in [2.05, 4.69) is 79.9 Å². The summed E-state index contributed by atoms with van der Waals surface area (Å²) in [5.74, 6) is -0.0725. The molecule has 0 rings (SSSR count). The van der Waals surface area contributed by atoms with E-state index in [9.17, 15) is 15.0 Å². The first kappa shape index (κ1) is 62.8. The van der Waals surface area contributed by atoms with Crippen LogP contribution in [0.2, 0.25) is 0 Å². The van der Waals surface area contributed by atoms with Crippen molar-refractivity contribution in [3.05, 3.63) is 72.9 Å². The Balaban J connectivity index is 3.52. The molecule has 0 aromatic heterocycles. The Bertz CT molecular complexity index is 1120. The molecule has 0 spiro atoms.